The minimum Gasteiger partial charge on any atom is -0.394 e. The highest BCUT2D eigenvalue weighted by Crippen LogP contribution is 2.32. The Morgan fingerprint density at radius 3 is 2.62 bits per heavy atom. The lowest BCUT2D eigenvalue weighted by molar-refractivity contribution is -0.0116. The number of hydrogen-bond acceptors (Lipinski definition) is 4. The van der Waals surface area contributed by atoms with Crippen LogP contribution in [0.25, 0.3) is 0 Å². The van der Waals surface area contributed by atoms with Crippen molar-refractivity contribution in [2.24, 2.45) is 17.6 Å². The number of ether oxygens (including phenoxy) is 1. The van der Waals surface area contributed by atoms with Gasteiger partial charge in [-0.25, -0.2) is 0 Å². The molecule has 1 saturated heterocycles. The molecule has 0 aromatic carbocycles. The van der Waals surface area contributed by atoms with Gasteiger partial charge in [0.15, 0.2) is 0 Å². The maximum absolute atomic E-state index is 9.15. The van der Waals surface area contributed by atoms with E-state index >= 15 is 0 Å². The van der Waals surface area contributed by atoms with Crippen LogP contribution in [0.5, 0.6) is 0 Å². The Bertz CT molecular complexity index is 243. The van der Waals surface area contributed by atoms with Crippen molar-refractivity contribution in [1.29, 1.82) is 5.41 Å². The maximum atomic E-state index is 9.15. The van der Waals surface area contributed by atoms with Crippen LogP contribution in [-0.2, 0) is 4.74 Å². The highest BCUT2D eigenvalue weighted by molar-refractivity contribution is 5.88. The first-order chi connectivity index (χ1) is 7.51. The molecule has 16 heavy (non-hydrogen) atoms. The van der Waals surface area contributed by atoms with E-state index in [0.717, 1.165) is 12.8 Å². The second-order valence-electron chi connectivity index (χ2n) is 4.87. The third-order valence-electron chi connectivity index (χ3n) is 3.55. The Hall–Kier alpha value is -0.450. The molecule has 0 aliphatic carbocycles. The van der Waals surface area contributed by atoms with E-state index in [0.29, 0.717) is 11.6 Å². The summed E-state index contributed by atoms with van der Waals surface area (Å²) in [6, 6.07) is -0.211. The van der Waals surface area contributed by atoms with Gasteiger partial charge in [0.05, 0.1) is 18.8 Å². The molecule has 4 N–H and O–H groups in total. The molecule has 1 aliphatic heterocycles. The van der Waals surface area contributed by atoms with Crippen molar-refractivity contribution < 1.29 is 9.84 Å². The molecule has 94 valence electrons. The van der Waals surface area contributed by atoms with E-state index in [-0.39, 0.29) is 30.8 Å². The minimum absolute atomic E-state index is 0.0515. The summed E-state index contributed by atoms with van der Waals surface area (Å²) in [5, 5.41) is 17.1. The van der Waals surface area contributed by atoms with Gasteiger partial charge in [-0.05, 0) is 25.7 Å². The van der Waals surface area contributed by atoms with Crippen LogP contribution in [0.2, 0.25) is 0 Å². The predicted molar refractivity (Wildman–Crippen MR) is 64.7 cm³/mol. The zero-order valence-corrected chi connectivity index (χ0v) is 10.4. The molecular weight excluding hydrogens is 204 g/mol. The third-order valence-corrected chi connectivity index (χ3v) is 3.55. The highest BCUT2D eigenvalue weighted by Gasteiger charge is 2.37. The van der Waals surface area contributed by atoms with Crippen LogP contribution in [-0.4, -0.2) is 35.7 Å². The van der Waals surface area contributed by atoms with E-state index in [1.165, 1.54) is 0 Å². The molecule has 1 heterocycles. The van der Waals surface area contributed by atoms with E-state index in [2.05, 4.69) is 13.8 Å². The molecule has 0 spiro atoms. The number of aliphatic hydroxyl groups excluding tert-OH is 1. The van der Waals surface area contributed by atoms with E-state index < -0.39 is 0 Å². The fraction of sp³-hybridized carbons (Fsp3) is 0.917. The van der Waals surface area contributed by atoms with Gasteiger partial charge in [-0.3, -0.25) is 0 Å². The standard InChI is InChI=1S/C12H24N2O2/c1-4-9(12(14)8(3)13)10-5-7(2)11(6-15)16-10/h7-11,14-15H,4-6,13H2,1-3H3. The monoisotopic (exact) mass is 228 g/mol. The van der Waals surface area contributed by atoms with Crippen molar-refractivity contribution in [1.82, 2.24) is 0 Å². The van der Waals surface area contributed by atoms with Crippen LogP contribution in [0.1, 0.15) is 33.6 Å². The van der Waals surface area contributed by atoms with Crippen LogP contribution >= 0.6 is 0 Å². The summed E-state index contributed by atoms with van der Waals surface area (Å²) in [6.45, 7) is 6.05. The van der Waals surface area contributed by atoms with Gasteiger partial charge in [0, 0.05) is 17.7 Å². The van der Waals surface area contributed by atoms with Crippen LogP contribution in [0.4, 0.5) is 0 Å². The number of hydrogen-bond donors (Lipinski definition) is 3. The summed E-state index contributed by atoms with van der Waals surface area (Å²) in [4.78, 5) is 0. The second kappa shape index (κ2) is 5.75. The molecular formula is C12H24N2O2. The summed E-state index contributed by atoms with van der Waals surface area (Å²) in [5.74, 6) is 0.462. The van der Waals surface area contributed by atoms with Gasteiger partial charge >= 0.3 is 0 Å². The van der Waals surface area contributed by atoms with Crippen molar-refractivity contribution >= 4 is 5.71 Å². The lowest BCUT2D eigenvalue weighted by Crippen LogP contribution is -2.38. The molecule has 0 aromatic heterocycles. The summed E-state index contributed by atoms with van der Waals surface area (Å²) in [5.41, 5.74) is 6.32. The van der Waals surface area contributed by atoms with Gasteiger partial charge in [0.1, 0.15) is 0 Å². The first-order valence-corrected chi connectivity index (χ1v) is 6.11. The number of nitrogens with one attached hydrogen (secondary N) is 1. The van der Waals surface area contributed by atoms with Gasteiger partial charge in [-0.15, -0.1) is 0 Å². The first-order valence-electron chi connectivity index (χ1n) is 6.11. The van der Waals surface area contributed by atoms with E-state index in [1.807, 2.05) is 6.92 Å². The summed E-state index contributed by atoms with van der Waals surface area (Å²) in [6.07, 6.45) is 1.77. The molecule has 0 amide bonds. The molecule has 5 atom stereocenters. The lowest BCUT2D eigenvalue weighted by atomic mass is 9.87. The summed E-state index contributed by atoms with van der Waals surface area (Å²) < 4.78 is 5.80. The first kappa shape index (κ1) is 13.6. The SMILES string of the molecule is CCC(C(=N)C(C)N)C1CC(C)C(CO)O1. The van der Waals surface area contributed by atoms with Crippen molar-refractivity contribution in [2.75, 3.05) is 6.61 Å². The Morgan fingerprint density at radius 1 is 1.62 bits per heavy atom. The number of nitrogens with two attached hydrogens (primary N) is 1. The van der Waals surface area contributed by atoms with Gasteiger partial charge < -0.3 is 21.0 Å². The van der Waals surface area contributed by atoms with E-state index in [4.69, 9.17) is 21.0 Å². The lowest BCUT2D eigenvalue weighted by Gasteiger charge is -2.25. The van der Waals surface area contributed by atoms with Crippen LogP contribution in [0.3, 0.4) is 0 Å². The van der Waals surface area contributed by atoms with Crippen LogP contribution in [0, 0.1) is 17.2 Å². The zero-order valence-electron chi connectivity index (χ0n) is 10.4. The zero-order chi connectivity index (χ0) is 12.3. The third kappa shape index (κ3) is 2.81. The fourth-order valence-electron chi connectivity index (χ4n) is 2.44. The van der Waals surface area contributed by atoms with Gasteiger partial charge in [-0.1, -0.05) is 13.8 Å². The molecule has 4 nitrogen and oxygen atoms in total. The number of aliphatic hydroxyl groups is 1. The van der Waals surface area contributed by atoms with E-state index in [9.17, 15) is 0 Å². The van der Waals surface area contributed by atoms with Crippen LogP contribution in [0.15, 0.2) is 0 Å². The summed E-state index contributed by atoms with van der Waals surface area (Å²) in [7, 11) is 0. The van der Waals surface area contributed by atoms with Crippen molar-refractivity contribution in [3.63, 3.8) is 0 Å². The molecule has 5 unspecified atom stereocenters. The van der Waals surface area contributed by atoms with Crippen molar-refractivity contribution in [2.45, 2.75) is 51.9 Å². The quantitative estimate of drug-likeness (QED) is 0.618. The molecule has 1 rings (SSSR count). The predicted octanol–water partition coefficient (Wildman–Crippen LogP) is 1.17. The molecule has 0 saturated carbocycles. The van der Waals surface area contributed by atoms with Crippen molar-refractivity contribution in [3.8, 4) is 0 Å². The average molecular weight is 228 g/mol. The van der Waals surface area contributed by atoms with Gasteiger partial charge in [0.2, 0.25) is 0 Å². The minimum atomic E-state index is -0.211. The molecule has 0 radical (unpaired) electrons. The van der Waals surface area contributed by atoms with Gasteiger partial charge in [0.25, 0.3) is 0 Å². The Morgan fingerprint density at radius 2 is 2.25 bits per heavy atom. The number of rotatable bonds is 5. The van der Waals surface area contributed by atoms with Gasteiger partial charge in [-0.2, -0.15) is 0 Å². The van der Waals surface area contributed by atoms with E-state index in [1.54, 1.807) is 0 Å². The normalized spacial score (nSPS) is 33.7. The smallest absolute Gasteiger partial charge is 0.0836 e. The Labute approximate surface area is 97.7 Å². The van der Waals surface area contributed by atoms with Crippen LogP contribution < -0.4 is 5.73 Å². The topological polar surface area (TPSA) is 79.3 Å². The largest absolute Gasteiger partial charge is 0.394 e. The molecule has 4 heteroatoms. The Balaban J connectivity index is 2.65. The van der Waals surface area contributed by atoms with Crippen molar-refractivity contribution in [3.05, 3.63) is 0 Å². The highest BCUT2D eigenvalue weighted by atomic mass is 16.5. The average Bonchev–Trinajstić information content (AvgIpc) is 2.60. The maximum Gasteiger partial charge on any atom is 0.0836 e. The second-order valence-corrected chi connectivity index (χ2v) is 4.87. The molecule has 0 bridgehead atoms. The molecule has 0 aromatic rings. The molecule has 1 fully saturated rings. The Kier molecular flexibility index (Phi) is 4.89. The summed E-state index contributed by atoms with van der Waals surface area (Å²) >= 11 is 0. The molecule has 1 aliphatic rings. The fourth-order valence-corrected chi connectivity index (χ4v) is 2.44.